The van der Waals surface area contributed by atoms with Gasteiger partial charge in [0.15, 0.2) is 0 Å². The van der Waals surface area contributed by atoms with E-state index in [9.17, 15) is 4.79 Å². The van der Waals surface area contributed by atoms with E-state index in [4.69, 9.17) is 4.74 Å². The third-order valence-electron chi connectivity index (χ3n) is 4.26. The number of hydrogen-bond donors (Lipinski definition) is 1. The number of urea groups is 1. The maximum Gasteiger partial charge on any atom is 0.321 e. The van der Waals surface area contributed by atoms with Crippen molar-refractivity contribution in [1.82, 2.24) is 19.7 Å². The Kier molecular flexibility index (Phi) is 5.65. The van der Waals surface area contributed by atoms with Crippen LogP contribution < -0.4 is 5.32 Å². The van der Waals surface area contributed by atoms with E-state index in [1.54, 1.807) is 6.33 Å². The number of benzene rings is 1. The number of aromatic nitrogens is 3. The molecule has 1 aromatic carbocycles. The maximum atomic E-state index is 12.6. The molecule has 1 aliphatic heterocycles. The number of amides is 2. The Balaban J connectivity index is 1.59. The highest BCUT2D eigenvalue weighted by atomic mass is 16.5. The summed E-state index contributed by atoms with van der Waals surface area (Å²) in [5, 5.41) is 7.19. The Morgan fingerprint density at radius 2 is 2.32 bits per heavy atom. The molecule has 2 heterocycles. The molecule has 3 rings (SSSR count). The standard InChI is InChI=1S/C18H25N5O2/c1-14(2)25-11-15-5-3-6-16(9-15)21-18(24)22-8-4-7-17(10-22)23-13-19-12-20-23/h3,5-6,9,12-14,17H,4,7-8,10-11H2,1-2H3,(H,21,24). The van der Waals surface area contributed by atoms with Crippen LogP contribution in [0, 0.1) is 0 Å². The number of nitrogens with one attached hydrogen (secondary N) is 1. The van der Waals surface area contributed by atoms with Gasteiger partial charge >= 0.3 is 6.03 Å². The first-order chi connectivity index (χ1) is 12.1. The second-order valence-electron chi connectivity index (χ2n) is 6.61. The summed E-state index contributed by atoms with van der Waals surface area (Å²) in [6.07, 6.45) is 5.39. The monoisotopic (exact) mass is 343 g/mol. The van der Waals surface area contributed by atoms with E-state index in [-0.39, 0.29) is 18.2 Å². The van der Waals surface area contributed by atoms with E-state index >= 15 is 0 Å². The lowest BCUT2D eigenvalue weighted by Crippen LogP contribution is -2.43. The molecule has 1 aliphatic rings. The quantitative estimate of drug-likeness (QED) is 0.905. The van der Waals surface area contributed by atoms with Gasteiger partial charge < -0.3 is 15.0 Å². The summed E-state index contributed by atoms with van der Waals surface area (Å²) in [7, 11) is 0. The second-order valence-corrected chi connectivity index (χ2v) is 6.61. The summed E-state index contributed by atoms with van der Waals surface area (Å²) in [6, 6.07) is 7.90. The third kappa shape index (κ3) is 4.79. The van der Waals surface area contributed by atoms with Gasteiger partial charge in [0.1, 0.15) is 12.7 Å². The van der Waals surface area contributed by atoms with E-state index in [0.717, 1.165) is 30.6 Å². The van der Waals surface area contributed by atoms with Gasteiger partial charge in [-0.2, -0.15) is 5.10 Å². The Labute approximate surface area is 148 Å². The normalized spacial score (nSPS) is 17.7. The van der Waals surface area contributed by atoms with E-state index in [0.29, 0.717) is 13.2 Å². The van der Waals surface area contributed by atoms with Crippen LogP contribution in [-0.4, -0.2) is 44.9 Å². The Morgan fingerprint density at radius 1 is 1.44 bits per heavy atom. The average Bonchev–Trinajstić information content (AvgIpc) is 3.15. The van der Waals surface area contributed by atoms with Crippen molar-refractivity contribution in [3.8, 4) is 0 Å². The van der Waals surface area contributed by atoms with Crippen molar-refractivity contribution in [3.63, 3.8) is 0 Å². The molecule has 1 N–H and O–H groups in total. The number of anilines is 1. The number of rotatable bonds is 5. The molecule has 1 fully saturated rings. The fourth-order valence-corrected chi connectivity index (χ4v) is 2.97. The summed E-state index contributed by atoms with van der Waals surface area (Å²) in [5.74, 6) is 0. The molecule has 0 radical (unpaired) electrons. The zero-order chi connectivity index (χ0) is 17.6. The van der Waals surface area contributed by atoms with Crippen molar-refractivity contribution in [1.29, 1.82) is 0 Å². The van der Waals surface area contributed by atoms with Gasteiger partial charge in [0.2, 0.25) is 0 Å². The lowest BCUT2D eigenvalue weighted by Gasteiger charge is -2.32. The van der Waals surface area contributed by atoms with Gasteiger partial charge in [0.25, 0.3) is 0 Å². The van der Waals surface area contributed by atoms with Crippen LogP contribution >= 0.6 is 0 Å². The zero-order valence-electron chi connectivity index (χ0n) is 14.8. The van der Waals surface area contributed by atoms with Gasteiger partial charge in [-0.1, -0.05) is 12.1 Å². The Morgan fingerprint density at radius 3 is 3.08 bits per heavy atom. The molecule has 1 aromatic heterocycles. The molecular weight excluding hydrogens is 318 g/mol. The van der Waals surface area contributed by atoms with E-state index in [2.05, 4.69) is 15.4 Å². The van der Waals surface area contributed by atoms with Crippen LogP contribution in [0.15, 0.2) is 36.9 Å². The number of nitrogens with zero attached hydrogens (tertiary/aromatic N) is 4. The maximum absolute atomic E-state index is 12.6. The number of ether oxygens (including phenoxy) is 1. The topological polar surface area (TPSA) is 72.3 Å². The highest BCUT2D eigenvalue weighted by Gasteiger charge is 2.25. The third-order valence-corrected chi connectivity index (χ3v) is 4.26. The minimum absolute atomic E-state index is 0.0771. The highest BCUT2D eigenvalue weighted by Crippen LogP contribution is 2.21. The van der Waals surface area contributed by atoms with Crippen LogP contribution in [0.1, 0.15) is 38.3 Å². The largest absolute Gasteiger partial charge is 0.374 e. The fourth-order valence-electron chi connectivity index (χ4n) is 2.97. The van der Waals surface area contributed by atoms with Crippen LogP contribution in [0.3, 0.4) is 0 Å². The molecule has 7 nitrogen and oxygen atoms in total. The number of carbonyl (C=O) groups is 1. The molecule has 1 saturated heterocycles. The number of piperidine rings is 1. The molecule has 2 aromatic rings. The fraction of sp³-hybridized carbons (Fsp3) is 0.500. The minimum Gasteiger partial charge on any atom is -0.374 e. The molecule has 0 aliphatic carbocycles. The first kappa shape index (κ1) is 17.4. The van der Waals surface area contributed by atoms with Gasteiger partial charge in [-0.25, -0.2) is 14.5 Å². The summed E-state index contributed by atoms with van der Waals surface area (Å²) >= 11 is 0. The van der Waals surface area contributed by atoms with Crippen LogP contribution in [0.5, 0.6) is 0 Å². The molecule has 0 bridgehead atoms. The SMILES string of the molecule is CC(C)OCc1cccc(NC(=O)N2CCCC(n3cncn3)C2)c1. The average molecular weight is 343 g/mol. The van der Waals surface area contributed by atoms with Gasteiger partial charge in [0.05, 0.1) is 18.8 Å². The zero-order valence-corrected chi connectivity index (χ0v) is 14.8. The van der Waals surface area contributed by atoms with Gasteiger partial charge in [-0.05, 0) is 44.4 Å². The predicted octanol–water partition coefficient (Wildman–Crippen LogP) is 3.07. The predicted molar refractivity (Wildman–Crippen MR) is 95.3 cm³/mol. The van der Waals surface area contributed by atoms with Crippen molar-refractivity contribution in [2.45, 2.75) is 45.4 Å². The molecule has 1 unspecified atom stereocenters. The lowest BCUT2D eigenvalue weighted by molar-refractivity contribution is 0.0657. The smallest absolute Gasteiger partial charge is 0.321 e. The molecule has 0 saturated carbocycles. The molecule has 7 heteroatoms. The van der Waals surface area contributed by atoms with Crippen LogP contribution in [0.4, 0.5) is 10.5 Å². The second kappa shape index (κ2) is 8.11. The van der Waals surface area contributed by atoms with Gasteiger partial charge in [-0.15, -0.1) is 0 Å². The molecule has 1 atom stereocenters. The lowest BCUT2D eigenvalue weighted by atomic mass is 10.1. The van der Waals surface area contributed by atoms with Crippen LogP contribution in [0.25, 0.3) is 0 Å². The van der Waals surface area contributed by atoms with Gasteiger partial charge in [-0.3, -0.25) is 0 Å². The van der Waals surface area contributed by atoms with E-state index in [1.165, 1.54) is 6.33 Å². The highest BCUT2D eigenvalue weighted by molar-refractivity contribution is 5.89. The minimum atomic E-state index is -0.0771. The van der Waals surface area contributed by atoms with E-state index in [1.807, 2.05) is 47.7 Å². The van der Waals surface area contributed by atoms with Crippen molar-refractivity contribution in [2.24, 2.45) is 0 Å². The van der Waals surface area contributed by atoms with Crippen molar-refractivity contribution >= 4 is 11.7 Å². The van der Waals surface area contributed by atoms with E-state index < -0.39 is 0 Å². The summed E-state index contributed by atoms with van der Waals surface area (Å²) in [4.78, 5) is 18.4. The summed E-state index contributed by atoms with van der Waals surface area (Å²) in [5.41, 5.74) is 1.84. The van der Waals surface area contributed by atoms with Gasteiger partial charge in [0, 0.05) is 18.8 Å². The molecule has 2 amide bonds. The number of carbonyl (C=O) groups excluding carboxylic acids is 1. The Bertz CT molecular complexity index is 687. The summed E-state index contributed by atoms with van der Waals surface area (Å²) < 4.78 is 7.46. The number of hydrogen-bond acceptors (Lipinski definition) is 4. The van der Waals surface area contributed by atoms with Crippen LogP contribution in [-0.2, 0) is 11.3 Å². The van der Waals surface area contributed by atoms with Crippen molar-refractivity contribution in [3.05, 3.63) is 42.5 Å². The molecule has 25 heavy (non-hydrogen) atoms. The molecular formula is C18H25N5O2. The Hall–Kier alpha value is -2.41. The van der Waals surface area contributed by atoms with Crippen molar-refractivity contribution < 1.29 is 9.53 Å². The molecule has 134 valence electrons. The van der Waals surface area contributed by atoms with Crippen LogP contribution in [0.2, 0.25) is 0 Å². The first-order valence-electron chi connectivity index (χ1n) is 8.72. The summed E-state index contributed by atoms with van der Waals surface area (Å²) in [6.45, 7) is 5.96. The van der Waals surface area contributed by atoms with Crippen molar-refractivity contribution in [2.75, 3.05) is 18.4 Å². The molecule has 0 spiro atoms. The number of likely N-dealkylation sites (tertiary alicyclic amines) is 1. The first-order valence-corrected chi connectivity index (χ1v) is 8.72.